The number of para-hydroxylation sites is 2. The summed E-state index contributed by atoms with van der Waals surface area (Å²) in [4.78, 5) is 0.140. The van der Waals surface area contributed by atoms with Crippen molar-refractivity contribution in [2.75, 3.05) is 40.5 Å². The molecule has 0 aromatic heterocycles. The minimum Gasteiger partial charge on any atom is -0.495 e. The molecule has 2 unspecified atom stereocenters. The zero-order chi connectivity index (χ0) is 26.6. The van der Waals surface area contributed by atoms with E-state index in [9.17, 15) is 8.42 Å². The Morgan fingerprint density at radius 1 is 0.972 bits per heavy atom. The van der Waals surface area contributed by atoms with Crippen molar-refractivity contribution in [3.63, 3.8) is 0 Å². The van der Waals surface area contributed by atoms with Gasteiger partial charge in [0, 0.05) is 26.2 Å². The van der Waals surface area contributed by atoms with E-state index in [4.69, 9.17) is 18.9 Å². The first-order valence-electron chi connectivity index (χ1n) is 12.5. The second-order valence-electron chi connectivity index (χ2n) is 8.93. The lowest BCUT2D eigenvalue weighted by Gasteiger charge is -2.26. The maximum atomic E-state index is 13.1. The van der Waals surface area contributed by atoms with E-state index in [1.165, 1.54) is 7.11 Å². The molecular weight excluding hydrogens is 480 g/mol. The van der Waals surface area contributed by atoms with E-state index < -0.39 is 10.0 Å². The Bertz CT molecular complexity index is 1040. The molecular formula is C27H42N2O6S. The number of hydrogen-bond acceptors (Lipinski definition) is 7. The third kappa shape index (κ3) is 8.96. The van der Waals surface area contributed by atoms with Crippen molar-refractivity contribution >= 4 is 10.0 Å². The fourth-order valence-corrected chi connectivity index (χ4v) is 4.99. The van der Waals surface area contributed by atoms with Crippen LogP contribution in [0.15, 0.2) is 47.4 Å². The summed E-state index contributed by atoms with van der Waals surface area (Å²) in [6, 6.07) is 13.0. The standard InChI is InChI=1S/C27H42N2O6S/c1-7-27(4,33-6)15-16-29-36(30,31)26-20-22(13-14-25(26)32-5)19-21(3)28-17-18-35-24-12-10-9-11-23(24)34-8-2/h9-14,20-21,28-29H,7-8,15-19H2,1-6H3. The van der Waals surface area contributed by atoms with Crippen LogP contribution < -0.4 is 24.2 Å². The van der Waals surface area contributed by atoms with Gasteiger partial charge in [0.05, 0.1) is 19.3 Å². The van der Waals surface area contributed by atoms with Crippen LogP contribution in [0.5, 0.6) is 17.2 Å². The molecule has 0 aliphatic heterocycles. The number of hydrogen-bond donors (Lipinski definition) is 2. The van der Waals surface area contributed by atoms with Gasteiger partial charge in [-0.2, -0.15) is 0 Å². The van der Waals surface area contributed by atoms with Gasteiger partial charge >= 0.3 is 0 Å². The molecule has 36 heavy (non-hydrogen) atoms. The van der Waals surface area contributed by atoms with Crippen LogP contribution >= 0.6 is 0 Å². The molecule has 202 valence electrons. The lowest BCUT2D eigenvalue weighted by molar-refractivity contribution is -0.00278. The molecule has 0 spiro atoms. The lowest BCUT2D eigenvalue weighted by Crippen LogP contribution is -2.34. The van der Waals surface area contributed by atoms with Crippen LogP contribution in [0.3, 0.4) is 0 Å². The van der Waals surface area contributed by atoms with Crippen LogP contribution in [0.25, 0.3) is 0 Å². The quantitative estimate of drug-likeness (QED) is 0.301. The average molecular weight is 523 g/mol. The summed E-state index contributed by atoms with van der Waals surface area (Å²) in [5, 5.41) is 3.43. The Labute approximate surface area is 216 Å². The minimum atomic E-state index is -3.74. The Morgan fingerprint density at radius 2 is 1.67 bits per heavy atom. The summed E-state index contributed by atoms with van der Waals surface area (Å²) >= 11 is 0. The number of nitrogens with one attached hydrogen (secondary N) is 2. The number of rotatable bonds is 17. The Balaban J connectivity index is 1.95. The van der Waals surface area contributed by atoms with Gasteiger partial charge in [-0.15, -0.1) is 0 Å². The number of sulfonamides is 1. The molecule has 2 atom stereocenters. The van der Waals surface area contributed by atoms with Gasteiger partial charge in [0.15, 0.2) is 11.5 Å². The van der Waals surface area contributed by atoms with Gasteiger partial charge in [-0.1, -0.05) is 25.1 Å². The number of ether oxygens (including phenoxy) is 4. The van der Waals surface area contributed by atoms with E-state index in [2.05, 4.69) is 17.0 Å². The van der Waals surface area contributed by atoms with Gasteiger partial charge in [-0.05, 0) is 69.9 Å². The first kappa shape index (κ1) is 29.9. The first-order valence-corrected chi connectivity index (χ1v) is 14.0. The van der Waals surface area contributed by atoms with Crippen molar-refractivity contribution in [1.29, 1.82) is 0 Å². The third-order valence-electron chi connectivity index (χ3n) is 6.25. The maximum Gasteiger partial charge on any atom is 0.244 e. The predicted molar refractivity (Wildman–Crippen MR) is 143 cm³/mol. The molecule has 0 bridgehead atoms. The van der Waals surface area contributed by atoms with Gasteiger partial charge in [-0.3, -0.25) is 0 Å². The van der Waals surface area contributed by atoms with Crippen molar-refractivity contribution < 1.29 is 27.4 Å². The smallest absolute Gasteiger partial charge is 0.244 e. The summed E-state index contributed by atoms with van der Waals surface area (Å²) in [5.41, 5.74) is 0.527. The minimum absolute atomic E-state index is 0.111. The van der Waals surface area contributed by atoms with E-state index in [0.29, 0.717) is 38.3 Å². The Hall–Kier alpha value is -2.33. The van der Waals surface area contributed by atoms with Crippen molar-refractivity contribution in [3.8, 4) is 17.2 Å². The molecule has 2 N–H and O–H groups in total. The summed E-state index contributed by atoms with van der Waals surface area (Å²) in [6.45, 7) is 9.97. The van der Waals surface area contributed by atoms with Crippen molar-refractivity contribution in [3.05, 3.63) is 48.0 Å². The molecule has 0 aliphatic rings. The highest BCUT2D eigenvalue weighted by Gasteiger charge is 2.24. The topological polar surface area (TPSA) is 95.1 Å². The van der Waals surface area contributed by atoms with Crippen LogP contribution in [-0.2, 0) is 21.2 Å². The van der Waals surface area contributed by atoms with Crippen LogP contribution in [-0.4, -0.2) is 60.6 Å². The van der Waals surface area contributed by atoms with E-state index in [1.54, 1.807) is 19.2 Å². The van der Waals surface area contributed by atoms with Gasteiger partial charge in [0.1, 0.15) is 17.3 Å². The highest BCUT2D eigenvalue weighted by molar-refractivity contribution is 7.89. The number of benzene rings is 2. The van der Waals surface area contributed by atoms with Gasteiger partial charge in [0.25, 0.3) is 0 Å². The van der Waals surface area contributed by atoms with Gasteiger partial charge in [0.2, 0.25) is 10.0 Å². The molecule has 8 nitrogen and oxygen atoms in total. The molecule has 2 aromatic carbocycles. The van der Waals surface area contributed by atoms with Crippen molar-refractivity contribution in [2.45, 2.75) is 63.5 Å². The van der Waals surface area contributed by atoms with Crippen LogP contribution in [0.1, 0.15) is 46.1 Å². The van der Waals surface area contributed by atoms with Crippen molar-refractivity contribution in [2.24, 2.45) is 0 Å². The second-order valence-corrected chi connectivity index (χ2v) is 10.7. The molecule has 2 aromatic rings. The highest BCUT2D eigenvalue weighted by Crippen LogP contribution is 2.27. The molecule has 0 heterocycles. The molecule has 2 rings (SSSR count). The largest absolute Gasteiger partial charge is 0.495 e. The van der Waals surface area contributed by atoms with Crippen molar-refractivity contribution in [1.82, 2.24) is 10.0 Å². The van der Waals surface area contributed by atoms with E-state index in [0.717, 1.165) is 23.5 Å². The predicted octanol–water partition coefficient (Wildman–Crippen LogP) is 4.18. The second kappa shape index (κ2) is 14.4. The molecule has 0 amide bonds. The summed E-state index contributed by atoms with van der Waals surface area (Å²) < 4.78 is 51.1. The Morgan fingerprint density at radius 3 is 2.28 bits per heavy atom. The zero-order valence-electron chi connectivity index (χ0n) is 22.4. The third-order valence-corrected chi connectivity index (χ3v) is 7.73. The van der Waals surface area contributed by atoms with Crippen LogP contribution in [0, 0.1) is 0 Å². The summed E-state index contributed by atoms with van der Waals surface area (Å²) in [6.07, 6.45) is 2.01. The molecule has 0 aliphatic carbocycles. The average Bonchev–Trinajstić information content (AvgIpc) is 2.87. The highest BCUT2D eigenvalue weighted by atomic mass is 32.2. The normalized spacial score (nSPS) is 14.2. The zero-order valence-corrected chi connectivity index (χ0v) is 23.2. The molecule has 0 radical (unpaired) electrons. The van der Waals surface area contributed by atoms with E-state index in [-0.39, 0.29) is 23.1 Å². The lowest BCUT2D eigenvalue weighted by atomic mass is 9.99. The monoisotopic (exact) mass is 522 g/mol. The fraction of sp³-hybridized carbons (Fsp3) is 0.556. The summed E-state index contributed by atoms with van der Waals surface area (Å²) in [5.74, 6) is 1.77. The van der Waals surface area contributed by atoms with Gasteiger partial charge in [-0.25, -0.2) is 13.1 Å². The Kier molecular flexibility index (Phi) is 12.0. The first-order chi connectivity index (χ1) is 17.2. The van der Waals surface area contributed by atoms with E-state index in [1.807, 2.05) is 51.1 Å². The molecule has 0 saturated heterocycles. The molecule has 0 fully saturated rings. The van der Waals surface area contributed by atoms with Gasteiger partial charge < -0.3 is 24.3 Å². The SMILES string of the molecule is CCOc1ccccc1OCCNC(C)Cc1ccc(OC)c(S(=O)(=O)NCCC(C)(CC)OC)c1. The summed E-state index contributed by atoms with van der Waals surface area (Å²) in [7, 11) is -0.626. The molecule has 0 saturated carbocycles. The fourth-order valence-electron chi connectivity index (χ4n) is 3.75. The van der Waals surface area contributed by atoms with E-state index >= 15 is 0 Å². The van der Waals surface area contributed by atoms with Crippen LogP contribution in [0.4, 0.5) is 0 Å². The number of methoxy groups -OCH3 is 2. The molecule has 9 heteroatoms. The van der Waals surface area contributed by atoms with Crippen LogP contribution in [0.2, 0.25) is 0 Å². The maximum absolute atomic E-state index is 13.1.